The third-order valence-corrected chi connectivity index (χ3v) is 4.47. The second-order valence-electron chi connectivity index (χ2n) is 5.18. The normalized spacial score (nSPS) is 10.8. The molecule has 0 fully saturated rings. The highest BCUT2D eigenvalue weighted by Crippen LogP contribution is 2.20. The van der Waals surface area contributed by atoms with Crippen LogP contribution in [0.25, 0.3) is 16.1 Å². The van der Waals surface area contributed by atoms with E-state index >= 15 is 0 Å². The van der Waals surface area contributed by atoms with Crippen LogP contribution in [0.2, 0.25) is 0 Å². The van der Waals surface area contributed by atoms with E-state index in [1.54, 1.807) is 16.9 Å². The van der Waals surface area contributed by atoms with Gasteiger partial charge in [-0.2, -0.15) is 9.61 Å². The van der Waals surface area contributed by atoms with E-state index in [4.69, 9.17) is 0 Å². The molecule has 2 aromatic heterocycles. The molecule has 2 aromatic carbocycles. The van der Waals surface area contributed by atoms with Gasteiger partial charge < -0.3 is 5.32 Å². The van der Waals surface area contributed by atoms with Crippen LogP contribution in [-0.2, 0) is 6.54 Å². The summed E-state index contributed by atoms with van der Waals surface area (Å²) in [6, 6.07) is 17.6. The molecule has 7 heteroatoms. The first-order chi connectivity index (χ1) is 11.8. The van der Waals surface area contributed by atoms with Gasteiger partial charge in [0.2, 0.25) is 4.96 Å². The molecule has 1 N–H and O–H groups in total. The lowest BCUT2D eigenvalue weighted by Crippen LogP contribution is -2.22. The lowest BCUT2D eigenvalue weighted by Gasteiger charge is -2.06. The fraction of sp³-hybridized carbons (Fsp3) is 0.0588. The van der Waals surface area contributed by atoms with Gasteiger partial charge in [-0.3, -0.25) is 4.79 Å². The maximum absolute atomic E-state index is 12.4. The number of nitrogens with zero attached hydrogens (tertiary/aromatic N) is 4. The number of amides is 1. The third kappa shape index (κ3) is 2.89. The summed E-state index contributed by atoms with van der Waals surface area (Å²) in [7, 11) is 0. The zero-order valence-electron chi connectivity index (χ0n) is 12.6. The van der Waals surface area contributed by atoms with E-state index in [2.05, 4.69) is 20.6 Å². The molecule has 0 spiro atoms. The minimum atomic E-state index is -0.126. The van der Waals surface area contributed by atoms with E-state index in [9.17, 15) is 4.79 Å². The summed E-state index contributed by atoms with van der Waals surface area (Å²) < 4.78 is 1.60. The molecule has 0 bridgehead atoms. The van der Waals surface area contributed by atoms with Gasteiger partial charge in [-0.1, -0.05) is 53.8 Å². The molecule has 2 heterocycles. The average molecular weight is 335 g/mol. The summed E-state index contributed by atoms with van der Waals surface area (Å²) >= 11 is 1.40. The maximum atomic E-state index is 12.4. The van der Waals surface area contributed by atoms with Crippen LogP contribution in [0.15, 0.2) is 60.9 Å². The van der Waals surface area contributed by atoms with Crippen molar-refractivity contribution in [2.45, 2.75) is 6.54 Å². The molecule has 0 saturated carbocycles. The Labute approximate surface area is 141 Å². The second kappa shape index (κ2) is 6.21. The highest BCUT2D eigenvalue weighted by molar-refractivity contribution is 7.16. The van der Waals surface area contributed by atoms with Crippen LogP contribution in [-0.4, -0.2) is 25.7 Å². The van der Waals surface area contributed by atoms with Gasteiger partial charge >= 0.3 is 0 Å². The van der Waals surface area contributed by atoms with Crippen LogP contribution in [0.3, 0.4) is 0 Å². The molecule has 118 valence electrons. The lowest BCUT2D eigenvalue weighted by molar-refractivity contribution is 0.0951. The minimum Gasteiger partial charge on any atom is -0.345 e. The molecule has 0 saturated heterocycles. The summed E-state index contributed by atoms with van der Waals surface area (Å²) in [5.41, 5.74) is 2.72. The first-order valence-electron chi connectivity index (χ1n) is 7.39. The summed E-state index contributed by atoms with van der Waals surface area (Å²) in [6.45, 7) is 0.364. The van der Waals surface area contributed by atoms with Crippen molar-refractivity contribution in [2.24, 2.45) is 0 Å². The Balaban J connectivity index is 1.49. The number of rotatable bonds is 4. The predicted molar refractivity (Wildman–Crippen MR) is 91.7 cm³/mol. The highest BCUT2D eigenvalue weighted by Gasteiger charge is 2.10. The van der Waals surface area contributed by atoms with Crippen molar-refractivity contribution in [1.82, 2.24) is 25.1 Å². The van der Waals surface area contributed by atoms with Crippen LogP contribution in [0.5, 0.6) is 0 Å². The van der Waals surface area contributed by atoms with Crippen molar-refractivity contribution in [1.29, 1.82) is 0 Å². The van der Waals surface area contributed by atoms with Crippen LogP contribution < -0.4 is 5.32 Å². The molecule has 0 aliphatic heterocycles. The molecule has 4 aromatic rings. The summed E-state index contributed by atoms with van der Waals surface area (Å²) in [5.74, 6) is -0.126. The van der Waals surface area contributed by atoms with Gasteiger partial charge in [0.15, 0.2) is 0 Å². The van der Waals surface area contributed by atoms with Crippen molar-refractivity contribution in [3.8, 4) is 11.1 Å². The molecule has 0 atom stereocenters. The first kappa shape index (κ1) is 14.5. The third-order valence-electron chi connectivity index (χ3n) is 3.56. The zero-order chi connectivity index (χ0) is 16.4. The molecule has 0 aliphatic carbocycles. The SMILES string of the molecule is O=C(NCc1nn2cnnc2s1)c1cccc(-c2ccccc2)c1. The van der Waals surface area contributed by atoms with E-state index in [0.717, 1.165) is 16.1 Å². The largest absolute Gasteiger partial charge is 0.345 e. The number of fused-ring (bicyclic) bond motifs is 1. The molecule has 0 aliphatic rings. The molecular weight excluding hydrogens is 322 g/mol. The van der Waals surface area contributed by atoms with E-state index < -0.39 is 0 Å². The van der Waals surface area contributed by atoms with Gasteiger partial charge in [-0.15, -0.1) is 10.2 Å². The second-order valence-corrected chi connectivity index (χ2v) is 6.22. The smallest absolute Gasteiger partial charge is 0.251 e. The Hall–Kier alpha value is -3.06. The molecule has 0 unspecified atom stereocenters. The standard InChI is InChI=1S/C17H13N5OS/c23-16(18-10-15-21-22-11-19-20-17(22)24-15)14-8-4-7-13(9-14)12-5-2-1-3-6-12/h1-9,11H,10H2,(H,18,23). The highest BCUT2D eigenvalue weighted by atomic mass is 32.1. The van der Waals surface area contributed by atoms with E-state index in [1.807, 2.05) is 48.5 Å². The Morgan fingerprint density at radius 2 is 1.92 bits per heavy atom. The number of hydrogen-bond acceptors (Lipinski definition) is 5. The molecule has 4 rings (SSSR count). The molecule has 0 radical (unpaired) electrons. The number of benzene rings is 2. The van der Waals surface area contributed by atoms with Crippen LogP contribution in [0, 0.1) is 0 Å². The van der Waals surface area contributed by atoms with Crippen LogP contribution >= 0.6 is 11.3 Å². The minimum absolute atomic E-state index is 0.126. The Kier molecular flexibility index (Phi) is 3.76. The van der Waals surface area contributed by atoms with E-state index in [-0.39, 0.29) is 5.91 Å². The average Bonchev–Trinajstić information content (AvgIpc) is 3.22. The van der Waals surface area contributed by atoms with Crippen LogP contribution in [0.4, 0.5) is 0 Å². The Morgan fingerprint density at radius 3 is 2.75 bits per heavy atom. The quantitative estimate of drug-likeness (QED) is 0.622. The number of carbonyl (C=O) groups is 1. The summed E-state index contributed by atoms with van der Waals surface area (Å²) in [5, 5.41) is 15.7. The Bertz CT molecular complexity index is 964. The first-order valence-corrected chi connectivity index (χ1v) is 8.21. The number of carbonyl (C=O) groups excluding carboxylic acids is 1. The van der Waals surface area contributed by atoms with Gasteiger partial charge in [0.05, 0.1) is 6.54 Å². The van der Waals surface area contributed by atoms with Crippen molar-refractivity contribution in [2.75, 3.05) is 0 Å². The van der Waals surface area contributed by atoms with Gasteiger partial charge in [0.1, 0.15) is 11.3 Å². The predicted octanol–water partition coefficient (Wildman–Crippen LogP) is 2.78. The molecular formula is C17H13N5OS. The van der Waals surface area contributed by atoms with Crippen molar-refractivity contribution < 1.29 is 4.79 Å². The zero-order valence-corrected chi connectivity index (χ0v) is 13.4. The molecule has 1 amide bonds. The monoisotopic (exact) mass is 335 g/mol. The topological polar surface area (TPSA) is 72.2 Å². The van der Waals surface area contributed by atoms with Gasteiger partial charge in [0.25, 0.3) is 5.91 Å². The number of hydrogen-bond donors (Lipinski definition) is 1. The van der Waals surface area contributed by atoms with Gasteiger partial charge in [-0.25, -0.2) is 0 Å². The van der Waals surface area contributed by atoms with Crippen molar-refractivity contribution in [3.05, 3.63) is 71.5 Å². The van der Waals surface area contributed by atoms with Gasteiger partial charge in [-0.05, 0) is 23.3 Å². The Morgan fingerprint density at radius 1 is 1.08 bits per heavy atom. The summed E-state index contributed by atoms with van der Waals surface area (Å²) in [6.07, 6.45) is 1.54. The summed E-state index contributed by atoms with van der Waals surface area (Å²) in [4.78, 5) is 13.1. The van der Waals surface area contributed by atoms with E-state index in [1.165, 1.54) is 11.3 Å². The van der Waals surface area contributed by atoms with E-state index in [0.29, 0.717) is 17.1 Å². The maximum Gasteiger partial charge on any atom is 0.251 e. The number of aromatic nitrogens is 4. The fourth-order valence-electron chi connectivity index (χ4n) is 2.40. The molecule has 6 nitrogen and oxygen atoms in total. The van der Waals surface area contributed by atoms with Crippen LogP contribution in [0.1, 0.15) is 15.4 Å². The number of nitrogens with one attached hydrogen (secondary N) is 1. The van der Waals surface area contributed by atoms with Crippen molar-refractivity contribution in [3.63, 3.8) is 0 Å². The van der Waals surface area contributed by atoms with Gasteiger partial charge in [0, 0.05) is 5.56 Å². The van der Waals surface area contributed by atoms with Crippen molar-refractivity contribution >= 4 is 22.2 Å². The lowest BCUT2D eigenvalue weighted by atomic mass is 10.0. The fourth-order valence-corrected chi connectivity index (χ4v) is 3.15. The molecule has 24 heavy (non-hydrogen) atoms.